The van der Waals surface area contributed by atoms with Gasteiger partial charge in [-0.25, -0.2) is 0 Å². The third-order valence-electron chi connectivity index (χ3n) is 0.848. The minimum Gasteiger partial charge on any atom is -0.329 e. The van der Waals surface area contributed by atoms with Crippen LogP contribution in [0.3, 0.4) is 0 Å². The topological polar surface area (TPSA) is 66.9 Å². The van der Waals surface area contributed by atoms with Crippen molar-refractivity contribution in [1.82, 2.24) is 0 Å². The Balaban J connectivity index is 3.40. The van der Waals surface area contributed by atoms with Crippen LogP contribution in [0.25, 0.3) is 0 Å². The highest BCUT2D eigenvalue weighted by atomic mass is 16.1. The van der Waals surface area contributed by atoms with Gasteiger partial charge in [0.05, 0.1) is 12.0 Å². The molecule has 0 aliphatic heterocycles. The van der Waals surface area contributed by atoms with Gasteiger partial charge in [0.25, 0.3) is 0 Å². The summed E-state index contributed by atoms with van der Waals surface area (Å²) in [4.78, 5) is 9.73. The van der Waals surface area contributed by atoms with E-state index in [0.717, 1.165) is 0 Å². The van der Waals surface area contributed by atoms with Gasteiger partial charge in [-0.3, -0.25) is 0 Å². The predicted molar refractivity (Wildman–Crippen MR) is 28.8 cm³/mol. The van der Waals surface area contributed by atoms with E-state index in [4.69, 9.17) is 11.0 Å². The van der Waals surface area contributed by atoms with Crippen LogP contribution in [0.4, 0.5) is 0 Å². The maximum Gasteiger partial charge on any atom is 0.121 e. The molecule has 0 amide bonds. The SMILES string of the molecule is N#CC(CN)CC=O. The summed E-state index contributed by atoms with van der Waals surface area (Å²) in [7, 11) is 0. The van der Waals surface area contributed by atoms with Crippen LogP contribution < -0.4 is 5.73 Å². The van der Waals surface area contributed by atoms with Crippen molar-refractivity contribution in [3.8, 4) is 6.07 Å². The van der Waals surface area contributed by atoms with Crippen LogP contribution in [0.1, 0.15) is 6.42 Å². The Labute approximate surface area is 48.1 Å². The van der Waals surface area contributed by atoms with Crippen LogP contribution in [0.5, 0.6) is 0 Å². The van der Waals surface area contributed by atoms with E-state index >= 15 is 0 Å². The average Bonchev–Trinajstić information content (AvgIpc) is 1.83. The number of aldehydes is 1. The van der Waals surface area contributed by atoms with E-state index in [1.807, 2.05) is 6.07 Å². The molecule has 1 unspecified atom stereocenters. The summed E-state index contributed by atoms with van der Waals surface area (Å²) in [5.41, 5.74) is 5.09. The number of carbonyl (C=O) groups is 1. The Morgan fingerprint density at radius 3 is 2.62 bits per heavy atom. The first-order chi connectivity index (χ1) is 3.85. The van der Waals surface area contributed by atoms with Crippen molar-refractivity contribution in [3.63, 3.8) is 0 Å². The van der Waals surface area contributed by atoms with E-state index in [1.165, 1.54) is 0 Å². The van der Waals surface area contributed by atoms with Gasteiger partial charge >= 0.3 is 0 Å². The maximum atomic E-state index is 9.73. The summed E-state index contributed by atoms with van der Waals surface area (Å²) in [5.74, 6) is -0.285. The number of carbonyl (C=O) groups excluding carboxylic acids is 1. The van der Waals surface area contributed by atoms with E-state index < -0.39 is 0 Å². The van der Waals surface area contributed by atoms with E-state index in [2.05, 4.69) is 0 Å². The minimum atomic E-state index is -0.285. The molecule has 0 saturated carbocycles. The number of hydrogen-bond donors (Lipinski definition) is 1. The summed E-state index contributed by atoms with van der Waals surface area (Å²) in [5, 5.41) is 8.17. The lowest BCUT2D eigenvalue weighted by Crippen LogP contribution is -2.12. The van der Waals surface area contributed by atoms with Gasteiger partial charge in [0.2, 0.25) is 0 Å². The monoisotopic (exact) mass is 112 g/mol. The maximum absolute atomic E-state index is 9.73. The van der Waals surface area contributed by atoms with Crippen LogP contribution in [0.2, 0.25) is 0 Å². The Bertz CT molecular complexity index is 105. The molecule has 0 fully saturated rings. The molecule has 8 heavy (non-hydrogen) atoms. The number of nitrogens with zero attached hydrogens (tertiary/aromatic N) is 1. The first-order valence-electron chi connectivity index (χ1n) is 2.38. The van der Waals surface area contributed by atoms with E-state index in [-0.39, 0.29) is 18.9 Å². The van der Waals surface area contributed by atoms with Gasteiger partial charge in [0.1, 0.15) is 6.29 Å². The van der Waals surface area contributed by atoms with Gasteiger partial charge in [0, 0.05) is 13.0 Å². The summed E-state index contributed by atoms with van der Waals surface area (Å²) in [6, 6.07) is 1.90. The summed E-state index contributed by atoms with van der Waals surface area (Å²) < 4.78 is 0. The zero-order valence-electron chi connectivity index (χ0n) is 4.50. The number of hydrogen-bond acceptors (Lipinski definition) is 3. The molecule has 0 aromatic rings. The quantitative estimate of drug-likeness (QED) is 0.508. The van der Waals surface area contributed by atoms with Crippen molar-refractivity contribution < 1.29 is 4.79 Å². The first-order valence-corrected chi connectivity index (χ1v) is 2.38. The molecule has 0 spiro atoms. The van der Waals surface area contributed by atoms with Crippen molar-refractivity contribution in [2.45, 2.75) is 6.42 Å². The molecule has 0 aromatic heterocycles. The Hall–Kier alpha value is -0.880. The van der Waals surface area contributed by atoms with E-state index in [1.54, 1.807) is 0 Å². The zero-order chi connectivity index (χ0) is 6.41. The third-order valence-corrected chi connectivity index (χ3v) is 0.848. The number of rotatable bonds is 3. The highest BCUT2D eigenvalue weighted by Crippen LogP contribution is 1.92. The molecule has 0 aliphatic carbocycles. The highest BCUT2D eigenvalue weighted by molar-refractivity contribution is 5.50. The van der Waals surface area contributed by atoms with Gasteiger partial charge in [-0.2, -0.15) is 5.26 Å². The largest absolute Gasteiger partial charge is 0.329 e. The normalized spacial score (nSPS) is 12.0. The smallest absolute Gasteiger partial charge is 0.121 e. The molecule has 0 aliphatic rings. The lowest BCUT2D eigenvalue weighted by molar-refractivity contribution is -0.108. The Kier molecular flexibility index (Phi) is 3.81. The number of nitriles is 1. The molecule has 0 radical (unpaired) electrons. The highest BCUT2D eigenvalue weighted by Gasteiger charge is 2.00. The Morgan fingerprint density at radius 2 is 2.50 bits per heavy atom. The van der Waals surface area contributed by atoms with Crippen molar-refractivity contribution in [1.29, 1.82) is 5.26 Å². The summed E-state index contributed by atoms with van der Waals surface area (Å²) in [6.45, 7) is 0.273. The Morgan fingerprint density at radius 1 is 1.88 bits per heavy atom. The second kappa shape index (κ2) is 4.28. The molecule has 0 heterocycles. The second-order valence-electron chi connectivity index (χ2n) is 1.46. The average molecular weight is 112 g/mol. The fourth-order valence-electron chi connectivity index (χ4n) is 0.318. The molecule has 0 saturated heterocycles. The molecule has 0 aromatic carbocycles. The first kappa shape index (κ1) is 7.12. The molecular weight excluding hydrogens is 104 g/mol. The van der Waals surface area contributed by atoms with E-state index in [0.29, 0.717) is 6.29 Å². The van der Waals surface area contributed by atoms with Gasteiger partial charge in [-0.15, -0.1) is 0 Å². The van der Waals surface area contributed by atoms with Crippen LogP contribution in [-0.4, -0.2) is 12.8 Å². The fraction of sp³-hybridized carbons (Fsp3) is 0.600. The molecule has 0 rings (SSSR count). The van der Waals surface area contributed by atoms with Gasteiger partial charge in [0.15, 0.2) is 0 Å². The third kappa shape index (κ3) is 2.32. The molecule has 2 N–H and O–H groups in total. The van der Waals surface area contributed by atoms with Crippen molar-refractivity contribution in [2.24, 2.45) is 11.7 Å². The lowest BCUT2D eigenvalue weighted by atomic mass is 10.1. The van der Waals surface area contributed by atoms with Crippen LogP contribution in [0, 0.1) is 17.2 Å². The standard InChI is InChI=1S/C5H8N2O/c6-3-5(4-7)1-2-8/h2,5H,1,3,6H2. The molecule has 44 valence electrons. The summed E-state index contributed by atoms with van der Waals surface area (Å²) >= 11 is 0. The molecular formula is C5H8N2O. The molecule has 1 atom stereocenters. The van der Waals surface area contributed by atoms with Crippen LogP contribution in [0.15, 0.2) is 0 Å². The zero-order valence-corrected chi connectivity index (χ0v) is 4.50. The minimum absolute atomic E-state index is 0.257. The van der Waals surface area contributed by atoms with Crippen LogP contribution in [-0.2, 0) is 4.79 Å². The predicted octanol–water partition coefficient (Wildman–Crippen LogP) is -0.326. The van der Waals surface area contributed by atoms with Crippen molar-refractivity contribution in [3.05, 3.63) is 0 Å². The van der Waals surface area contributed by atoms with Gasteiger partial charge < -0.3 is 10.5 Å². The molecule has 3 heteroatoms. The fourth-order valence-corrected chi connectivity index (χ4v) is 0.318. The van der Waals surface area contributed by atoms with E-state index in [9.17, 15) is 4.79 Å². The van der Waals surface area contributed by atoms with Gasteiger partial charge in [-0.1, -0.05) is 0 Å². The lowest BCUT2D eigenvalue weighted by Gasteiger charge is -1.95. The van der Waals surface area contributed by atoms with Crippen molar-refractivity contribution >= 4 is 6.29 Å². The van der Waals surface area contributed by atoms with Crippen molar-refractivity contribution in [2.75, 3.05) is 6.54 Å². The van der Waals surface area contributed by atoms with Crippen LogP contribution >= 0.6 is 0 Å². The molecule has 3 nitrogen and oxygen atoms in total. The molecule has 0 bridgehead atoms. The summed E-state index contributed by atoms with van der Waals surface area (Å²) in [6.07, 6.45) is 0.966. The number of nitrogens with two attached hydrogens (primary N) is 1. The second-order valence-corrected chi connectivity index (χ2v) is 1.46. The van der Waals surface area contributed by atoms with Gasteiger partial charge in [-0.05, 0) is 0 Å².